The first-order valence-electron chi connectivity index (χ1n) is 10.4. The Bertz CT molecular complexity index is 1450. The molecule has 1 atom stereocenters. The molecule has 0 amide bonds. The monoisotopic (exact) mass is 503 g/mol. The van der Waals surface area contributed by atoms with E-state index in [0.717, 1.165) is 18.5 Å². The van der Waals surface area contributed by atoms with Crippen molar-refractivity contribution in [2.24, 2.45) is 5.11 Å². The second-order valence-electron chi connectivity index (χ2n) is 7.57. The van der Waals surface area contributed by atoms with E-state index in [1.807, 2.05) is 0 Å². The van der Waals surface area contributed by atoms with Crippen molar-refractivity contribution in [2.45, 2.75) is 25.6 Å². The Labute approximate surface area is 200 Å². The second kappa shape index (κ2) is 9.64. The lowest BCUT2D eigenvalue weighted by molar-refractivity contribution is -0.144. The van der Waals surface area contributed by atoms with Gasteiger partial charge in [-0.15, -0.1) is 0 Å². The van der Waals surface area contributed by atoms with Crippen LogP contribution < -0.4 is 11.1 Å². The lowest BCUT2D eigenvalue weighted by Crippen LogP contribution is -2.11. The molecule has 4 rings (SSSR count). The minimum Gasteiger partial charge on any atom is -0.383 e. The van der Waals surface area contributed by atoms with Crippen molar-refractivity contribution in [3.05, 3.63) is 72.5 Å². The smallest absolute Gasteiger partial charge is 0.383 e. The van der Waals surface area contributed by atoms with Gasteiger partial charge >= 0.3 is 6.18 Å². The van der Waals surface area contributed by atoms with Crippen molar-refractivity contribution in [2.75, 3.05) is 11.1 Å². The number of nitrogens with zero attached hydrogens (tertiary/aromatic N) is 6. The molecule has 9 nitrogen and oxygen atoms in total. The topological polar surface area (TPSA) is 131 Å². The lowest BCUT2D eigenvalue weighted by Gasteiger charge is -2.18. The normalized spacial score (nSPS) is 13.1. The van der Waals surface area contributed by atoms with Crippen molar-refractivity contribution in [3.63, 3.8) is 0 Å². The van der Waals surface area contributed by atoms with Crippen LogP contribution in [0.1, 0.15) is 25.2 Å². The Kier molecular flexibility index (Phi) is 6.59. The summed E-state index contributed by atoms with van der Waals surface area (Å²) < 4.78 is 67.6. The molecule has 0 bridgehead atoms. The van der Waals surface area contributed by atoms with Gasteiger partial charge in [-0.1, -0.05) is 6.92 Å². The lowest BCUT2D eigenvalue weighted by atomic mass is 10.1. The van der Waals surface area contributed by atoms with Crippen LogP contribution in [0.2, 0.25) is 0 Å². The minimum absolute atomic E-state index is 0.0288. The molecule has 0 saturated heterocycles. The Morgan fingerprint density at radius 3 is 2.53 bits per heavy atom. The fraction of sp³-hybridized carbons (Fsp3) is 0.182. The van der Waals surface area contributed by atoms with E-state index in [-0.39, 0.29) is 22.8 Å². The van der Waals surface area contributed by atoms with Gasteiger partial charge in [0.25, 0.3) is 0 Å². The molecular weight excluding hydrogens is 485 g/mol. The molecule has 3 heterocycles. The van der Waals surface area contributed by atoms with E-state index < -0.39 is 29.7 Å². The van der Waals surface area contributed by atoms with Gasteiger partial charge in [0, 0.05) is 42.0 Å². The average Bonchev–Trinajstić information content (AvgIpc) is 3.23. The van der Waals surface area contributed by atoms with Crippen LogP contribution in [0.25, 0.3) is 22.2 Å². The number of alkyl halides is 3. The summed E-state index contributed by atoms with van der Waals surface area (Å²) in [5.74, 6) is -2.79. The molecule has 0 radical (unpaired) electrons. The fourth-order valence-electron chi connectivity index (χ4n) is 3.69. The Morgan fingerprint density at radius 2 is 1.92 bits per heavy atom. The van der Waals surface area contributed by atoms with E-state index >= 15 is 0 Å². The maximum Gasteiger partial charge on any atom is 0.451 e. The highest BCUT2D eigenvalue weighted by molar-refractivity contribution is 6.00. The van der Waals surface area contributed by atoms with Gasteiger partial charge < -0.3 is 15.6 Å². The van der Waals surface area contributed by atoms with Crippen LogP contribution in [0.3, 0.4) is 0 Å². The highest BCUT2D eigenvalue weighted by Gasteiger charge is 2.34. The number of aromatic nitrogens is 5. The molecule has 0 fully saturated rings. The summed E-state index contributed by atoms with van der Waals surface area (Å²) >= 11 is 0. The van der Waals surface area contributed by atoms with Crippen molar-refractivity contribution in [3.8, 4) is 11.1 Å². The summed E-state index contributed by atoms with van der Waals surface area (Å²) in [6, 6.07) is 2.36. The van der Waals surface area contributed by atoms with E-state index in [0.29, 0.717) is 29.1 Å². The first-order chi connectivity index (χ1) is 17.1. The quantitative estimate of drug-likeness (QED) is 0.219. The number of nitrogens with one attached hydrogen (secondary N) is 2. The SMILES string of the molecule is CCC(/C(=C/Nc1ccc(F)cc1F)N=N)n1cc(-c2cnc(C(F)(F)F)nc2)c2c(N)ncnc21. The number of rotatable bonds is 7. The molecule has 0 aliphatic heterocycles. The predicted molar refractivity (Wildman–Crippen MR) is 121 cm³/mol. The van der Waals surface area contributed by atoms with Crippen LogP contribution in [0.15, 0.2) is 60.1 Å². The van der Waals surface area contributed by atoms with Gasteiger partial charge in [-0.3, -0.25) is 0 Å². The molecule has 36 heavy (non-hydrogen) atoms. The minimum atomic E-state index is -4.70. The summed E-state index contributed by atoms with van der Waals surface area (Å²) in [4.78, 5) is 15.1. The van der Waals surface area contributed by atoms with Crippen molar-refractivity contribution in [1.29, 1.82) is 5.53 Å². The Balaban J connectivity index is 1.79. The Morgan fingerprint density at radius 1 is 1.19 bits per heavy atom. The van der Waals surface area contributed by atoms with Gasteiger partial charge in [-0.2, -0.15) is 18.3 Å². The fourth-order valence-corrected chi connectivity index (χ4v) is 3.69. The van der Waals surface area contributed by atoms with Gasteiger partial charge in [-0.25, -0.2) is 34.2 Å². The third-order valence-electron chi connectivity index (χ3n) is 5.35. The number of nitrogens with two attached hydrogens (primary N) is 1. The molecule has 186 valence electrons. The predicted octanol–water partition coefficient (Wildman–Crippen LogP) is 5.70. The van der Waals surface area contributed by atoms with E-state index in [2.05, 4.69) is 30.4 Å². The van der Waals surface area contributed by atoms with E-state index in [1.165, 1.54) is 18.6 Å². The zero-order valence-electron chi connectivity index (χ0n) is 18.6. The number of nitrogen functional groups attached to an aromatic ring is 1. The first-order valence-corrected chi connectivity index (χ1v) is 10.4. The maximum absolute atomic E-state index is 14.0. The largest absolute Gasteiger partial charge is 0.451 e. The van der Waals surface area contributed by atoms with Gasteiger partial charge in [0.2, 0.25) is 5.82 Å². The molecule has 1 aromatic carbocycles. The number of benzene rings is 1. The summed E-state index contributed by atoms with van der Waals surface area (Å²) in [6.07, 6.45) is 1.83. The van der Waals surface area contributed by atoms with Crippen LogP contribution in [-0.2, 0) is 6.18 Å². The van der Waals surface area contributed by atoms with Crippen LogP contribution in [0.4, 0.5) is 33.5 Å². The standard InChI is InChI=1S/C22H18F5N9/c1-2-17(16(35-29)8-30-15-4-3-12(23)5-14(15)24)36-9-13(18-19(28)33-10-34-20(18)36)11-6-31-21(32-7-11)22(25,26)27/h3-10,17,29-30H,2H2,1H3,(H2,28,33,34)/b16-8-,35-29?. The van der Waals surface area contributed by atoms with Crippen molar-refractivity contribution >= 4 is 22.5 Å². The number of anilines is 2. The molecule has 0 spiro atoms. The highest BCUT2D eigenvalue weighted by Crippen LogP contribution is 2.37. The van der Waals surface area contributed by atoms with Crippen LogP contribution in [0, 0.1) is 17.2 Å². The average molecular weight is 503 g/mol. The van der Waals surface area contributed by atoms with E-state index in [4.69, 9.17) is 11.3 Å². The molecule has 14 heteroatoms. The van der Waals surface area contributed by atoms with Crippen LogP contribution in [0.5, 0.6) is 0 Å². The zero-order chi connectivity index (χ0) is 26.0. The van der Waals surface area contributed by atoms with Gasteiger partial charge in [-0.05, 0) is 18.6 Å². The third kappa shape index (κ3) is 4.69. The number of halogens is 5. The first kappa shape index (κ1) is 24.6. The maximum atomic E-state index is 14.0. The van der Waals surface area contributed by atoms with Gasteiger partial charge in [0.1, 0.15) is 35.1 Å². The zero-order valence-corrected chi connectivity index (χ0v) is 18.6. The Hall–Kier alpha value is -4.49. The van der Waals surface area contributed by atoms with Crippen molar-refractivity contribution < 1.29 is 22.0 Å². The van der Waals surface area contributed by atoms with Gasteiger partial charge in [0.05, 0.1) is 17.1 Å². The molecule has 3 aromatic heterocycles. The summed E-state index contributed by atoms with van der Waals surface area (Å²) in [6.45, 7) is 1.81. The highest BCUT2D eigenvalue weighted by atomic mass is 19.4. The van der Waals surface area contributed by atoms with Crippen LogP contribution >= 0.6 is 0 Å². The summed E-state index contributed by atoms with van der Waals surface area (Å²) in [7, 11) is 0. The van der Waals surface area contributed by atoms with Gasteiger partial charge in [0.15, 0.2) is 0 Å². The van der Waals surface area contributed by atoms with E-state index in [1.54, 1.807) is 17.7 Å². The molecule has 4 N–H and O–H groups in total. The van der Waals surface area contributed by atoms with E-state index in [9.17, 15) is 22.0 Å². The third-order valence-corrected chi connectivity index (χ3v) is 5.35. The number of hydrogen-bond donors (Lipinski definition) is 3. The molecule has 0 aliphatic carbocycles. The summed E-state index contributed by atoms with van der Waals surface area (Å²) in [5, 5.41) is 6.58. The molecule has 4 aromatic rings. The van der Waals surface area contributed by atoms with Crippen molar-refractivity contribution in [1.82, 2.24) is 24.5 Å². The second-order valence-corrected chi connectivity index (χ2v) is 7.57. The number of hydrogen-bond acceptors (Lipinski definition) is 8. The molecule has 0 aliphatic rings. The van der Waals surface area contributed by atoms with Crippen LogP contribution in [-0.4, -0.2) is 24.5 Å². The number of allylic oxidation sites excluding steroid dienone is 1. The molecule has 0 saturated carbocycles. The number of fused-ring (bicyclic) bond motifs is 1. The summed E-state index contributed by atoms with van der Waals surface area (Å²) in [5.41, 5.74) is 14.8. The molecule has 1 unspecified atom stereocenters. The molecular formula is C22H18F5N9.